The van der Waals surface area contributed by atoms with Crippen LogP contribution >= 0.6 is 0 Å². The van der Waals surface area contributed by atoms with Gasteiger partial charge in [-0.1, -0.05) is 19.9 Å². The summed E-state index contributed by atoms with van der Waals surface area (Å²) >= 11 is 0. The number of ketones is 1. The number of aryl methyl sites for hydroxylation is 1. The fourth-order valence-corrected chi connectivity index (χ4v) is 1.95. The van der Waals surface area contributed by atoms with E-state index in [-0.39, 0.29) is 23.4 Å². The molecule has 0 aliphatic rings. The summed E-state index contributed by atoms with van der Waals surface area (Å²) < 4.78 is 12.9. The van der Waals surface area contributed by atoms with Gasteiger partial charge in [0, 0.05) is 18.9 Å². The molecular formula is C14H20FNO. The molecule has 1 rings (SSSR count). The highest BCUT2D eigenvalue weighted by molar-refractivity contribution is 5.84. The molecule has 0 aliphatic heterocycles. The number of nitrogens with two attached hydrogens (primary N) is 1. The smallest absolute Gasteiger partial charge is 0.141 e. The van der Waals surface area contributed by atoms with E-state index in [0.717, 1.165) is 11.1 Å². The van der Waals surface area contributed by atoms with Crippen molar-refractivity contribution >= 4 is 5.78 Å². The highest BCUT2D eigenvalue weighted by Gasteiger charge is 2.20. The highest BCUT2D eigenvalue weighted by atomic mass is 19.1. The van der Waals surface area contributed by atoms with Crippen LogP contribution in [0.1, 0.15) is 25.0 Å². The Labute approximate surface area is 102 Å². The molecule has 1 atom stereocenters. The van der Waals surface area contributed by atoms with Gasteiger partial charge in [-0.2, -0.15) is 0 Å². The lowest BCUT2D eigenvalue weighted by Gasteiger charge is -2.17. The van der Waals surface area contributed by atoms with E-state index in [9.17, 15) is 9.18 Å². The Kier molecular flexibility index (Phi) is 4.82. The Morgan fingerprint density at radius 3 is 2.53 bits per heavy atom. The minimum atomic E-state index is -0.266. The minimum Gasteiger partial charge on any atom is -0.330 e. The Bertz CT molecular complexity index is 401. The quantitative estimate of drug-likeness (QED) is 0.855. The van der Waals surface area contributed by atoms with Gasteiger partial charge in [0.25, 0.3) is 0 Å². The molecule has 0 bridgehead atoms. The van der Waals surface area contributed by atoms with Gasteiger partial charge in [-0.15, -0.1) is 0 Å². The van der Waals surface area contributed by atoms with Gasteiger partial charge >= 0.3 is 0 Å². The first-order chi connectivity index (χ1) is 7.95. The van der Waals surface area contributed by atoms with Gasteiger partial charge < -0.3 is 5.73 Å². The predicted molar refractivity (Wildman–Crippen MR) is 67.2 cm³/mol. The average Bonchev–Trinajstić information content (AvgIpc) is 2.22. The van der Waals surface area contributed by atoms with Crippen molar-refractivity contribution in [2.75, 3.05) is 6.54 Å². The zero-order chi connectivity index (χ0) is 13.0. The second kappa shape index (κ2) is 5.92. The van der Waals surface area contributed by atoms with E-state index in [1.54, 1.807) is 6.07 Å². The normalized spacial score (nSPS) is 12.8. The summed E-state index contributed by atoms with van der Waals surface area (Å²) in [5, 5.41) is 0. The van der Waals surface area contributed by atoms with Crippen molar-refractivity contribution in [1.29, 1.82) is 0 Å². The van der Waals surface area contributed by atoms with Gasteiger partial charge in [0.2, 0.25) is 0 Å². The van der Waals surface area contributed by atoms with Crippen LogP contribution in [0.3, 0.4) is 0 Å². The highest BCUT2D eigenvalue weighted by Crippen LogP contribution is 2.16. The van der Waals surface area contributed by atoms with E-state index in [0.29, 0.717) is 13.0 Å². The van der Waals surface area contributed by atoms with Crippen LogP contribution < -0.4 is 5.73 Å². The summed E-state index contributed by atoms with van der Waals surface area (Å²) in [4.78, 5) is 12.0. The van der Waals surface area contributed by atoms with Crippen molar-refractivity contribution < 1.29 is 9.18 Å². The zero-order valence-corrected chi connectivity index (χ0v) is 10.7. The second-order valence-electron chi connectivity index (χ2n) is 4.80. The first kappa shape index (κ1) is 13.8. The molecule has 0 fully saturated rings. The van der Waals surface area contributed by atoms with Crippen LogP contribution in [0.5, 0.6) is 0 Å². The molecule has 0 spiro atoms. The molecule has 0 saturated carbocycles. The fourth-order valence-electron chi connectivity index (χ4n) is 1.95. The molecule has 1 aromatic carbocycles. The van der Waals surface area contributed by atoms with Crippen molar-refractivity contribution in [3.63, 3.8) is 0 Å². The molecule has 1 unspecified atom stereocenters. The average molecular weight is 237 g/mol. The number of halogens is 1. The molecule has 0 saturated heterocycles. The maximum Gasteiger partial charge on any atom is 0.141 e. The minimum absolute atomic E-state index is 0.112. The van der Waals surface area contributed by atoms with Crippen molar-refractivity contribution in [2.24, 2.45) is 17.6 Å². The van der Waals surface area contributed by atoms with Crippen molar-refractivity contribution in [1.82, 2.24) is 0 Å². The molecule has 0 amide bonds. The second-order valence-corrected chi connectivity index (χ2v) is 4.80. The molecule has 1 aromatic rings. The van der Waals surface area contributed by atoms with Gasteiger partial charge in [0.15, 0.2) is 0 Å². The summed E-state index contributed by atoms with van der Waals surface area (Å²) in [6, 6.07) is 4.52. The molecule has 0 radical (unpaired) electrons. The predicted octanol–water partition coefficient (Wildman–Crippen LogP) is 2.48. The Balaban J connectivity index is 2.80. The number of Topliss-reactive ketones (excluding diaryl/α,β-unsaturated/α-hetero) is 1. The molecule has 3 heteroatoms. The van der Waals surface area contributed by atoms with Crippen LogP contribution in [0.4, 0.5) is 4.39 Å². The van der Waals surface area contributed by atoms with E-state index >= 15 is 0 Å². The van der Waals surface area contributed by atoms with Gasteiger partial charge in [0.05, 0.1) is 0 Å². The number of benzene rings is 1. The zero-order valence-electron chi connectivity index (χ0n) is 10.7. The molecule has 94 valence electrons. The standard InChI is InChI=1S/C14H20FNO/c1-9(2)13(8-16)14(17)7-11-4-5-12(15)6-10(11)3/h4-6,9,13H,7-8,16H2,1-3H3. The fraction of sp³-hybridized carbons (Fsp3) is 0.500. The van der Waals surface area contributed by atoms with E-state index in [1.807, 2.05) is 20.8 Å². The Morgan fingerprint density at radius 1 is 1.41 bits per heavy atom. The lowest BCUT2D eigenvalue weighted by molar-refractivity contribution is -0.123. The summed E-state index contributed by atoms with van der Waals surface area (Å²) in [5.41, 5.74) is 7.31. The molecular weight excluding hydrogens is 217 g/mol. The van der Waals surface area contributed by atoms with Crippen molar-refractivity contribution in [3.8, 4) is 0 Å². The Morgan fingerprint density at radius 2 is 2.06 bits per heavy atom. The molecule has 0 heterocycles. The monoisotopic (exact) mass is 237 g/mol. The van der Waals surface area contributed by atoms with Crippen LogP contribution in [-0.2, 0) is 11.2 Å². The van der Waals surface area contributed by atoms with E-state index in [2.05, 4.69) is 0 Å². The number of hydrogen-bond donors (Lipinski definition) is 1. The molecule has 0 aliphatic carbocycles. The van der Waals surface area contributed by atoms with Crippen LogP contribution in [0.25, 0.3) is 0 Å². The van der Waals surface area contributed by atoms with Gasteiger partial charge in [-0.3, -0.25) is 4.79 Å². The van der Waals surface area contributed by atoms with Crippen LogP contribution in [0.2, 0.25) is 0 Å². The first-order valence-corrected chi connectivity index (χ1v) is 5.93. The molecule has 2 nitrogen and oxygen atoms in total. The summed E-state index contributed by atoms with van der Waals surface area (Å²) in [6.07, 6.45) is 0.339. The van der Waals surface area contributed by atoms with Crippen molar-refractivity contribution in [3.05, 3.63) is 35.1 Å². The topological polar surface area (TPSA) is 43.1 Å². The largest absolute Gasteiger partial charge is 0.330 e. The van der Waals surface area contributed by atoms with E-state index in [1.165, 1.54) is 12.1 Å². The van der Waals surface area contributed by atoms with Gasteiger partial charge in [-0.05, 0) is 36.1 Å². The number of hydrogen-bond acceptors (Lipinski definition) is 2. The van der Waals surface area contributed by atoms with Crippen LogP contribution in [0, 0.1) is 24.6 Å². The summed E-state index contributed by atoms with van der Waals surface area (Å²) in [7, 11) is 0. The van der Waals surface area contributed by atoms with E-state index in [4.69, 9.17) is 5.73 Å². The summed E-state index contributed by atoms with van der Waals surface area (Å²) in [6.45, 7) is 6.18. The SMILES string of the molecule is Cc1cc(F)ccc1CC(=O)C(CN)C(C)C. The molecule has 17 heavy (non-hydrogen) atoms. The van der Waals surface area contributed by atoms with E-state index < -0.39 is 0 Å². The molecule has 2 N–H and O–H groups in total. The number of carbonyl (C=O) groups excluding carboxylic acids is 1. The van der Waals surface area contributed by atoms with Crippen LogP contribution in [-0.4, -0.2) is 12.3 Å². The van der Waals surface area contributed by atoms with Gasteiger partial charge in [-0.25, -0.2) is 4.39 Å². The third-order valence-corrected chi connectivity index (χ3v) is 3.14. The van der Waals surface area contributed by atoms with Crippen LogP contribution in [0.15, 0.2) is 18.2 Å². The van der Waals surface area contributed by atoms with Gasteiger partial charge in [0.1, 0.15) is 11.6 Å². The third kappa shape index (κ3) is 3.63. The lowest BCUT2D eigenvalue weighted by Crippen LogP contribution is -2.29. The number of carbonyl (C=O) groups is 1. The number of rotatable bonds is 5. The maximum absolute atomic E-state index is 12.9. The van der Waals surface area contributed by atoms with Crippen molar-refractivity contribution in [2.45, 2.75) is 27.2 Å². The Hall–Kier alpha value is -1.22. The third-order valence-electron chi connectivity index (χ3n) is 3.14. The first-order valence-electron chi connectivity index (χ1n) is 5.93. The maximum atomic E-state index is 12.9. The lowest BCUT2D eigenvalue weighted by atomic mass is 9.88. The molecule has 0 aromatic heterocycles. The summed E-state index contributed by atoms with van der Waals surface area (Å²) in [5.74, 6) is 0.00264.